The maximum Gasteiger partial charge on any atom is 0.230 e. The Morgan fingerprint density at radius 2 is 2.00 bits per heavy atom. The van der Waals surface area contributed by atoms with Crippen LogP contribution in [0.2, 0.25) is 0 Å². The van der Waals surface area contributed by atoms with Crippen molar-refractivity contribution in [1.29, 1.82) is 0 Å². The van der Waals surface area contributed by atoms with E-state index in [1.165, 1.54) is 24.0 Å². The van der Waals surface area contributed by atoms with E-state index >= 15 is 0 Å². The number of nitrogens with zero attached hydrogens (tertiary/aromatic N) is 5. The van der Waals surface area contributed by atoms with Crippen molar-refractivity contribution in [3.63, 3.8) is 0 Å². The van der Waals surface area contributed by atoms with Gasteiger partial charge in [-0.3, -0.25) is 9.58 Å². The van der Waals surface area contributed by atoms with Crippen LogP contribution in [0.4, 0.5) is 0 Å². The molecular weight excluding hydrogens is 314 g/mol. The highest BCUT2D eigenvalue weighted by Gasteiger charge is 2.26. The molecule has 6 heteroatoms. The van der Waals surface area contributed by atoms with Crippen molar-refractivity contribution < 1.29 is 4.42 Å². The minimum Gasteiger partial charge on any atom is -0.424 e. The van der Waals surface area contributed by atoms with Crippen LogP contribution in [0.3, 0.4) is 0 Å². The van der Waals surface area contributed by atoms with Crippen molar-refractivity contribution in [3.8, 4) is 0 Å². The second kappa shape index (κ2) is 7.19. The highest BCUT2D eigenvalue weighted by molar-refractivity contribution is 5.17. The molecule has 0 radical (unpaired) electrons. The first-order valence-electron chi connectivity index (χ1n) is 8.84. The number of hydrogen-bond acceptors (Lipinski definition) is 5. The van der Waals surface area contributed by atoms with Crippen LogP contribution in [0.15, 0.2) is 47.1 Å². The lowest BCUT2D eigenvalue weighted by molar-refractivity contribution is 0.198. The summed E-state index contributed by atoms with van der Waals surface area (Å²) in [5, 5.41) is 12.9. The lowest BCUT2D eigenvalue weighted by atomic mass is 10.2. The standard InChI is InChI=1S/C19H23N5O/c1-15-11-20-24(12-15)13-17-8-5-9-23(17)14-19-22-21-18(25-19)10-16-6-3-2-4-7-16/h2-4,6-7,11-12,17H,5,8-10,13-14H2,1H3/t17-/m0/s1. The third-order valence-electron chi connectivity index (χ3n) is 4.70. The zero-order chi connectivity index (χ0) is 17.1. The molecule has 0 unspecified atom stereocenters. The lowest BCUT2D eigenvalue weighted by Gasteiger charge is -2.22. The molecule has 4 rings (SSSR count). The molecule has 1 aromatic carbocycles. The van der Waals surface area contributed by atoms with E-state index in [1.807, 2.05) is 29.1 Å². The van der Waals surface area contributed by atoms with Crippen molar-refractivity contribution in [2.45, 2.75) is 45.3 Å². The fourth-order valence-electron chi connectivity index (χ4n) is 3.46. The SMILES string of the molecule is Cc1cnn(C[C@@H]2CCCN2Cc2nnc(Cc3ccccc3)o2)c1. The Hall–Kier alpha value is -2.47. The second-order valence-corrected chi connectivity index (χ2v) is 6.76. The fraction of sp³-hybridized carbons (Fsp3) is 0.421. The molecule has 25 heavy (non-hydrogen) atoms. The number of aryl methyl sites for hydroxylation is 1. The third-order valence-corrected chi connectivity index (χ3v) is 4.70. The van der Waals surface area contributed by atoms with Crippen molar-refractivity contribution in [2.75, 3.05) is 6.54 Å². The summed E-state index contributed by atoms with van der Waals surface area (Å²) in [6.45, 7) is 4.77. The van der Waals surface area contributed by atoms with Gasteiger partial charge >= 0.3 is 0 Å². The van der Waals surface area contributed by atoms with E-state index in [4.69, 9.17) is 4.42 Å². The summed E-state index contributed by atoms with van der Waals surface area (Å²) in [6, 6.07) is 10.7. The average molecular weight is 337 g/mol. The molecule has 2 aromatic heterocycles. The van der Waals surface area contributed by atoms with Crippen LogP contribution in [-0.2, 0) is 19.5 Å². The summed E-state index contributed by atoms with van der Waals surface area (Å²) < 4.78 is 7.90. The van der Waals surface area contributed by atoms with Gasteiger partial charge in [-0.15, -0.1) is 10.2 Å². The minimum absolute atomic E-state index is 0.476. The molecule has 0 bridgehead atoms. The van der Waals surface area contributed by atoms with Crippen molar-refractivity contribution in [3.05, 3.63) is 65.6 Å². The highest BCUT2D eigenvalue weighted by Crippen LogP contribution is 2.21. The Labute approximate surface area is 147 Å². The zero-order valence-corrected chi connectivity index (χ0v) is 14.5. The Morgan fingerprint density at radius 3 is 2.80 bits per heavy atom. The van der Waals surface area contributed by atoms with Gasteiger partial charge in [-0.25, -0.2) is 0 Å². The molecule has 0 spiro atoms. The monoisotopic (exact) mass is 337 g/mol. The number of benzene rings is 1. The van der Waals surface area contributed by atoms with Gasteiger partial charge in [0.15, 0.2) is 0 Å². The van der Waals surface area contributed by atoms with Crippen molar-refractivity contribution in [2.24, 2.45) is 0 Å². The number of likely N-dealkylation sites (tertiary alicyclic amines) is 1. The van der Waals surface area contributed by atoms with Crippen molar-refractivity contribution >= 4 is 0 Å². The smallest absolute Gasteiger partial charge is 0.230 e. The Morgan fingerprint density at radius 1 is 1.16 bits per heavy atom. The summed E-state index contributed by atoms with van der Waals surface area (Å²) in [4.78, 5) is 2.43. The molecule has 1 saturated heterocycles. The lowest BCUT2D eigenvalue weighted by Crippen LogP contribution is -2.32. The molecule has 1 fully saturated rings. The highest BCUT2D eigenvalue weighted by atomic mass is 16.4. The fourth-order valence-corrected chi connectivity index (χ4v) is 3.46. The summed E-state index contributed by atoms with van der Waals surface area (Å²) in [5.74, 6) is 1.38. The van der Waals surface area contributed by atoms with E-state index in [0.29, 0.717) is 30.8 Å². The van der Waals surface area contributed by atoms with Gasteiger partial charge in [-0.1, -0.05) is 30.3 Å². The molecule has 0 N–H and O–H groups in total. The topological polar surface area (TPSA) is 60.0 Å². The molecule has 1 atom stereocenters. The van der Waals surface area contributed by atoms with Gasteiger partial charge in [0.05, 0.1) is 25.7 Å². The molecule has 1 aliphatic heterocycles. The van der Waals surface area contributed by atoms with Crippen LogP contribution in [-0.4, -0.2) is 37.5 Å². The molecule has 1 aliphatic rings. The van der Waals surface area contributed by atoms with Crippen molar-refractivity contribution in [1.82, 2.24) is 24.9 Å². The number of hydrogen-bond donors (Lipinski definition) is 0. The van der Waals surface area contributed by atoms with Gasteiger partial charge in [0.25, 0.3) is 0 Å². The first kappa shape index (κ1) is 16.0. The van der Waals surface area contributed by atoms with Crippen LogP contribution in [0.1, 0.15) is 35.7 Å². The molecule has 3 heterocycles. The van der Waals surface area contributed by atoms with Gasteiger partial charge in [-0.2, -0.15) is 5.10 Å². The molecule has 0 aliphatic carbocycles. The third kappa shape index (κ3) is 3.96. The molecule has 0 saturated carbocycles. The van der Waals surface area contributed by atoms with Gasteiger partial charge in [0.2, 0.25) is 11.8 Å². The summed E-state index contributed by atoms with van der Waals surface area (Å²) in [5.41, 5.74) is 2.39. The van der Waals surface area contributed by atoms with Crippen LogP contribution < -0.4 is 0 Å². The maximum absolute atomic E-state index is 5.87. The van der Waals surface area contributed by atoms with Crippen LogP contribution in [0.25, 0.3) is 0 Å². The van der Waals surface area contributed by atoms with Crippen LogP contribution >= 0.6 is 0 Å². The molecule has 3 aromatic rings. The maximum atomic E-state index is 5.87. The predicted molar refractivity (Wildman–Crippen MR) is 93.9 cm³/mol. The first-order chi connectivity index (χ1) is 12.3. The number of aromatic nitrogens is 4. The van der Waals surface area contributed by atoms with E-state index < -0.39 is 0 Å². The molecule has 0 amide bonds. The van der Waals surface area contributed by atoms with E-state index in [9.17, 15) is 0 Å². The molecule has 130 valence electrons. The predicted octanol–water partition coefficient (Wildman–Crippen LogP) is 2.83. The Bertz CT molecular complexity index is 810. The number of rotatable bonds is 6. The van der Waals surface area contributed by atoms with E-state index in [-0.39, 0.29) is 0 Å². The van der Waals surface area contributed by atoms with E-state index in [1.54, 1.807) is 0 Å². The average Bonchev–Trinajstić information content (AvgIpc) is 3.33. The first-order valence-corrected chi connectivity index (χ1v) is 8.84. The van der Waals surface area contributed by atoms with Crippen LogP contribution in [0.5, 0.6) is 0 Å². The molecular formula is C19H23N5O. The summed E-state index contributed by atoms with van der Waals surface area (Å²) in [7, 11) is 0. The van der Waals surface area contributed by atoms with Gasteiger partial charge in [0, 0.05) is 12.2 Å². The molecule has 6 nitrogen and oxygen atoms in total. The normalized spacial score (nSPS) is 18.0. The quantitative estimate of drug-likeness (QED) is 0.692. The zero-order valence-electron chi connectivity index (χ0n) is 14.5. The second-order valence-electron chi connectivity index (χ2n) is 6.76. The largest absolute Gasteiger partial charge is 0.424 e. The summed E-state index contributed by atoms with van der Waals surface area (Å²) >= 11 is 0. The van der Waals surface area contributed by atoms with Gasteiger partial charge < -0.3 is 4.42 Å². The Kier molecular flexibility index (Phi) is 4.61. The van der Waals surface area contributed by atoms with Gasteiger partial charge in [-0.05, 0) is 37.4 Å². The van der Waals surface area contributed by atoms with E-state index in [2.05, 4.69) is 45.4 Å². The Balaban J connectivity index is 1.38. The van der Waals surface area contributed by atoms with Gasteiger partial charge in [0.1, 0.15) is 0 Å². The minimum atomic E-state index is 0.476. The van der Waals surface area contributed by atoms with E-state index in [0.717, 1.165) is 13.1 Å². The van der Waals surface area contributed by atoms with Crippen LogP contribution in [0, 0.1) is 6.92 Å². The summed E-state index contributed by atoms with van der Waals surface area (Å²) in [6.07, 6.45) is 7.08.